The van der Waals surface area contributed by atoms with E-state index in [-0.39, 0.29) is 16.8 Å². The van der Waals surface area contributed by atoms with Crippen LogP contribution >= 0.6 is 0 Å². The fourth-order valence-electron chi connectivity index (χ4n) is 2.32. The number of sulfonamides is 1. The minimum atomic E-state index is -3.44. The molecule has 7 nitrogen and oxygen atoms in total. The molecule has 1 aliphatic carbocycles. The topological polar surface area (TPSA) is 100 Å². The number of aromatic nitrogens is 1. The SMILES string of the molecule is CNC(=O)c1cccnc1NCc1ccc(S(=O)(=O)NC2CC2)cc1. The van der Waals surface area contributed by atoms with Crippen LogP contribution in [0.15, 0.2) is 47.5 Å². The number of carbonyl (C=O) groups is 1. The Balaban J connectivity index is 1.67. The summed E-state index contributed by atoms with van der Waals surface area (Å²) in [6.07, 6.45) is 3.41. The molecule has 132 valence electrons. The van der Waals surface area contributed by atoms with Crippen molar-refractivity contribution in [3.63, 3.8) is 0 Å². The number of anilines is 1. The van der Waals surface area contributed by atoms with E-state index in [1.54, 1.807) is 49.6 Å². The maximum atomic E-state index is 12.1. The minimum absolute atomic E-state index is 0.0821. The van der Waals surface area contributed by atoms with Crippen LogP contribution in [0.25, 0.3) is 0 Å². The van der Waals surface area contributed by atoms with Crippen LogP contribution in [0.2, 0.25) is 0 Å². The molecule has 0 radical (unpaired) electrons. The molecule has 0 saturated heterocycles. The second-order valence-corrected chi connectivity index (χ2v) is 7.59. The van der Waals surface area contributed by atoms with Gasteiger partial charge < -0.3 is 10.6 Å². The third-order valence-corrected chi connectivity index (χ3v) is 5.41. The van der Waals surface area contributed by atoms with Gasteiger partial charge in [-0.1, -0.05) is 12.1 Å². The summed E-state index contributed by atoms with van der Waals surface area (Å²) >= 11 is 0. The highest BCUT2D eigenvalue weighted by Gasteiger charge is 2.27. The molecule has 1 aromatic heterocycles. The molecule has 1 amide bonds. The van der Waals surface area contributed by atoms with E-state index in [9.17, 15) is 13.2 Å². The van der Waals surface area contributed by atoms with Crippen molar-refractivity contribution in [2.75, 3.05) is 12.4 Å². The summed E-state index contributed by atoms with van der Waals surface area (Å²) in [5.41, 5.74) is 1.34. The second-order valence-electron chi connectivity index (χ2n) is 5.87. The Bertz CT molecular complexity index is 862. The summed E-state index contributed by atoms with van der Waals surface area (Å²) in [5.74, 6) is 0.261. The van der Waals surface area contributed by atoms with Crippen LogP contribution in [0.3, 0.4) is 0 Å². The second kappa shape index (κ2) is 7.20. The van der Waals surface area contributed by atoms with E-state index in [1.165, 1.54) is 0 Å². The average molecular weight is 360 g/mol. The zero-order valence-corrected chi connectivity index (χ0v) is 14.6. The van der Waals surface area contributed by atoms with Crippen molar-refractivity contribution in [1.29, 1.82) is 0 Å². The fourth-order valence-corrected chi connectivity index (χ4v) is 3.63. The molecular formula is C17H20N4O3S. The average Bonchev–Trinajstić information content (AvgIpc) is 3.43. The number of benzene rings is 1. The van der Waals surface area contributed by atoms with Crippen molar-refractivity contribution in [1.82, 2.24) is 15.0 Å². The number of nitrogens with zero attached hydrogens (tertiary/aromatic N) is 1. The molecule has 0 unspecified atom stereocenters. The predicted octanol–water partition coefficient (Wildman–Crippen LogP) is 1.49. The lowest BCUT2D eigenvalue weighted by atomic mass is 10.2. The van der Waals surface area contributed by atoms with Crippen LogP contribution < -0.4 is 15.4 Å². The van der Waals surface area contributed by atoms with Crippen LogP contribution in [0.4, 0.5) is 5.82 Å². The van der Waals surface area contributed by atoms with Gasteiger partial charge in [-0.25, -0.2) is 18.1 Å². The number of hydrogen-bond acceptors (Lipinski definition) is 5. The molecule has 1 aromatic carbocycles. The molecule has 3 N–H and O–H groups in total. The molecule has 2 aromatic rings. The Hall–Kier alpha value is -2.45. The Morgan fingerprint density at radius 3 is 2.56 bits per heavy atom. The van der Waals surface area contributed by atoms with E-state index < -0.39 is 10.0 Å². The zero-order valence-electron chi connectivity index (χ0n) is 13.8. The van der Waals surface area contributed by atoms with Gasteiger partial charge in [-0.15, -0.1) is 0 Å². The largest absolute Gasteiger partial charge is 0.365 e. The Labute approximate surface area is 146 Å². The number of hydrogen-bond donors (Lipinski definition) is 3. The van der Waals surface area contributed by atoms with Crippen molar-refractivity contribution in [3.05, 3.63) is 53.7 Å². The van der Waals surface area contributed by atoms with Crippen molar-refractivity contribution in [2.45, 2.75) is 30.3 Å². The number of carbonyl (C=O) groups excluding carboxylic acids is 1. The summed E-state index contributed by atoms with van der Waals surface area (Å²) < 4.78 is 26.9. The molecule has 1 aliphatic rings. The summed E-state index contributed by atoms with van der Waals surface area (Å²) in [7, 11) is -1.87. The van der Waals surface area contributed by atoms with Gasteiger partial charge in [0, 0.05) is 25.8 Å². The third-order valence-electron chi connectivity index (χ3n) is 3.87. The lowest BCUT2D eigenvalue weighted by Crippen LogP contribution is -2.25. The van der Waals surface area contributed by atoms with Gasteiger partial charge in [0.05, 0.1) is 10.5 Å². The summed E-state index contributed by atoms with van der Waals surface area (Å²) in [6, 6.07) is 10.1. The number of nitrogens with one attached hydrogen (secondary N) is 3. The standard InChI is InChI=1S/C17H20N4O3S/c1-18-17(22)15-3-2-10-19-16(15)20-11-12-4-8-14(9-5-12)25(23,24)21-13-6-7-13/h2-5,8-10,13,21H,6-7,11H2,1H3,(H,18,22)(H,19,20). The van der Waals surface area contributed by atoms with Gasteiger partial charge in [0.1, 0.15) is 5.82 Å². The van der Waals surface area contributed by atoms with Gasteiger partial charge in [-0.3, -0.25) is 4.79 Å². The molecule has 0 bridgehead atoms. The number of amides is 1. The third kappa shape index (κ3) is 4.34. The highest BCUT2D eigenvalue weighted by Crippen LogP contribution is 2.22. The summed E-state index contributed by atoms with van der Waals surface area (Å²) in [5, 5.41) is 5.68. The molecule has 8 heteroatoms. The Morgan fingerprint density at radius 2 is 1.92 bits per heavy atom. The fraction of sp³-hybridized carbons (Fsp3) is 0.294. The van der Waals surface area contributed by atoms with Crippen molar-refractivity contribution in [2.24, 2.45) is 0 Å². The molecule has 1 heterocycles. The van der Waals surface area contributed by atoms with E-state index in [1.807, 2.05) is 0 Å². The molecule has 0 atom stereocenters. The lowest BCUT2D eigenvalue weighted by Gasteiger charge is -2.10. The van der Waals surface area contributed by atoms with Crippen molar-refractivity contribution < 1.29 is 13.2 Å². The monoisotopic (exact) mass is 360 g/mol. The smallest absolute Gasteiger partial charge is 0.254 e. The van der Waals surface area contributed by atoms with E-state index in [0.717, 1.165) is 18.4 Å². The van der Waals surface area contributed by atoms with Crippen LogP contribution in [0.5, 0.6) is 0 Å². The first-order valence-corrected chi connectivity index (χ1v) is 9.50. The van der Waals surface area contributed by atoms with Gasteiger partial charge in [-0.05, 0) is 42.7 Å². The van der Waals surface area contributed by atoms with Crippen LogP contribution in [0.1, 0.15) is 28.8 Å². The minimum Gasteiger partial charge on any atom is -0.365 e. The number of rotatable bonds is 7. The lowest BCUT2D eigenvalue weighted by molar-refractivity contribution is 0.0963. The van der Waals surface area contributed by atoms with E-state index in [0.29, 0.717) is 17.9 Å². The zero-order chi connectivity index (χ0) is 17.9. The highest BCUT2D eigenvalue weighted by atomic mass is 32.2. The summed E-state index contributed by atoms with van der Waals surface area (Å²) in [6.45, 7) is 0.428. The Kier molecular flexibility index (Phi) is 5.00. The van der Waals surface area contributed by atoms with E-state index >= 15 is 0 Å². The molecule has 1 fully saturated rings. The number of pyridine rings is 1. The van der Waals surface area contributed by atoms with Gasteiger partial charge in [0.2, 0.25) is 10.0 Å². The van der Waals surface area contributed by atoms with Gasteiger partial charge in [0.15, 0.2) is 0 Å². The Morgan fingerprint density at radius 1 is 1.20 bits per heavy atom. The van der Waals surface area contributed by atoms with Crippen LogP contribution in [0, 0.1) is 0 Å². The van der Waals surface area contributed by atoms with Gasteiger partial charge in [0.25, 0.3) is 5.91 Å². The first kappa shape index (κ1) is 17.4. The molecular weight excluding hydrogens is 340 g/mol. The quantitative estimate of drug-likeness (QED) is 0.695. The maximum Gasteiger partial charge on any atom is 0.254 e. The first-order chi connectivity index (χ1) is 12.0. The van der Waals surface area contributed by atoms with Crippen LogP contribution in [-0.2, 0) is 16.6 Å². The molecule has 3 rings (SSSR count). The van der Waals surface area contributed by atoms with Crippen LogP contribution in [-0.4, -0.2) is 32.4 Å². The van der Waals surface area contributed by atoms with Crippen molar-refractivity contribution >= 4 is 21.7 Å². The molecule has 0 aliphatic heterocycles. The normalized spacial score (nSPS) is 14.1. The van der Waals surface area contributed by atoms with E-state index in [2.05, 4.69) is 20.3 Å². The molecule has 1 saturated carbocycles. The van der Waals surface area contributed by atoms with Gasteiger partial charge in [-0.2, -0.15) is 0 Å². The van der Waals surface area contributed by atoms with Gasteiger partial charge >= 0.3 is 0 Å². The predicted molar refractivity (Wildman–Crippen MR) is 94.7 cm³/mol. The van der Waals surface area contributed by atoms with E-state index in [4.69, 9.17) is 0 Å². The van der Waals surface area contributed by atoms with Crippen molar-refractivity contribution in [3.8, 4) is 0 Å². The highest BCUT2D eigenvalue weighted by molar-refractivity contribution is 7.89. The maximum absolute atomic E-state index is 12.1. The summed E-state index contributed by atoms with van der Waals surface area (Å²) in [4.78, 5) is 16.3. The molecule has 25 heavy (non-hydrogen) atoms. The molecule has 0 spiro atoms. The first-order valence-electron chi connectivity index (χ1n) is 8.02.